The van der Waals surface area contributed by atoms with Gasteiger partial charge in [0.2, 0.25) is 0 Å². The number of nitrogens with one attached hydrogen (secondary N) is 2. The Morgan fingerprint density at radius 1 is 1.00 bits per heavy atom. The van der Waals surface area contributed by atoms with Gasteiger partial charge in [0, 0.05) is 32.1 Å². The molecule has 1 atom stereocenters. The molecule has 0 aromatic heterocycles. The molecule has 2 aromatic rings. The van der Waals surface area contributed by atoms with Crippen molar-refractivity contribution in [2.75, 3.05) is 13.1 Å². The standard InChI is InChI=1S/C17H20N2/c1-2-6-14(7-3-1)10-18-12-16-13-19-11-15-8-4-5-9-17(15)16/h1-9,16,18-19H,10-13H2. The summed E-state index contributed by atoms with van der Waals surface area (Å²) in [5.74, 6) is 0.577. The van der Waals surface area contributed by atoms with Gasteiger partial charge in [0.15, 0.2) is 0 Å². The molecule has 0 spiro atoms. The molecule has 2 nitrogen and oxygen atoms in total. The maximum absolute atomic E-state index is 3.57. The summed E-state index contributed by atoms with van der Waals surface area (Å²) >= 11 is 0. The lowest BCUT2D eigenvalue weighted by Crippen LogP contribution is -2.34. The monoisotopic (exact) mass is 252 g/mol. The van der Waals surface area contributed by atoms with Crippen LogP contribution in [0.5, 0.6) is 0 Å². The van der Waals surface area contributed by atoms with Crippen LogP contribution in [-0.4, -0.2) is 13.1 Å². The Balaban J connectivity index is 1.59. The Bertz CT molecular complexity index is 522. The van der Waals surface area contributed by atoms with Crippen LogP contribution in [0.2, 0.25) is 0 Å². The minimum Gasteiger partial charge on any atom is -0.312 e. The van der Waals surface area contributed by atoms with Gasteiger partial charge >= 0.3 is 0 Å². The second-order valence-electron chi connectivity index (χ2n) is 5.14. The maximum atomic E-state index is 3.57. The molecule has 1 aliphatic rings. The molecule has 1 heterocycles. The van der Waals surface area contributed by atoms with E-state index in [2.05, 4.69) is 65.2 Å². The first-order valence-electron chi connectivity index (χ1n) is 6.96. The van der Waals surface area contributed by atoms with Crippen molar-refractivity contribution < 1.29 is 0 Å². The molecule has 2 aromatic carbocycles. The fraction of sp³-hybridized carbons (Fsp3) is 0.294. The van der Waals surface area contributed by atoms with Gasteiger partial charge < -0.3 is 10.6 Å². The van der Waals surface area contributed by atoms with Gasteiger partial charge in [-0.1, -0.05) is 54.6 Å². The molecule has 0 aliphatic carbocycles. The minimum absolute atomic E-state index is 0.577. The van der Waals surface area contributed by atoms with Crippen LogP contribution in [0.3, 0.4) is 0 Å². The summed E-state index contributed by atoms with van der Waals surface area (Å²) in [5, 5.41) is 7.07. The van der Waals surface area contributed by atoms with Crippen molar-refractivity contribution in [1.29, 1.82) is 0 Å². The highest BCUT2D eigenvalue weighted by atomic mass is 14.9. The van der Waals surface area contributed by atoms with Gasteiger partial charge in [-0.15, -0.1) is 0 Å². The van der Waals surface area contributed by atoms with E-state index in [1.807, 2.05) is 0 Å². The van der Waals surface area contributed by atoms with E-state index in [9.17, 15) is 0 Å². The third kappa shape index (κ3) is 3.03. The summed E-state index contributed by atoms with van der Waals surface area (Å²) in [6.45, 7) is 4.04. The van der Waals surface area contributed by atoms with Gasteiger partial charge in [0.1, 0.15) is 0 Å². The number of fused-ring (bicyclic) bond motifs is 1. The second-order valence-corrected chi connectivity index (χ2v) is 5.14. The van der Waals surface area contributed by atoms with E-state index < -0.39 is 0 Å². The van der Waals surface area contributed by atoms with Gasteiger partial charge in [-0.25, -0.2) is 0 Å². The molecule has 2 N–H and O–H groups in total. The molecule has 0 radical (unpaired) electrons. The predicted octanol–water partition coefficient (Wildman–Crippen LogP) is 2.66. The molecule has 0 fully saturated rings. The highest BCUT2D eigenvalue weighted by Gasteiger charge is 2.18. The first-order chi connectivity index (χ1) is 9.43. The molecule has 3 rings (SSSR count). The van der Waals surface area contributed by atoms with E-state index in [-0.39, 0.29) is 0 Å². The molecular formula is C17H20N2. The zero-order chi connectivity index (χ0) is 12.9. The van der Waals surface area contributed by atoms with Crippen molar-refractivity contribution in [2.24, 2.45) is 0 Å². The molecule has 0 amide bonds. The zero-order valence-corrected chi connectivity index (χ0v) is 11.1. The minimum atomic E-state index is 0.577. The van der Waals surface area contributed by atoms with Crippen LogP contribution in [0, 0.1) is 0 Å². The summed E-state index contributed by atoms with van der Waals surface area (Å²) < 4.78 is 0. The van der Waals surface area contributed by atoms with Gasteiger partial charge in [-0.05, 0) is 16.7 Å². The van der Waals surface area contributed by atoms with Gasteiger partial charge in [0.05, 0.1) is 0 Å². The third-order valence-corrected chi connectivity index (χ3v) is 3.76. The Kier molecular flexibility index (Phi) is 3.92. The zero-order valence-electron chi connectivity index (χ0n) is 11.1. The van der Waals surface area contributed by atoms with Crippen LogP contribution >= 0.6 is 0 Å². The van der Waals surface area contributed by atoms with E-state index in [1.165, 1.54) is 16.7 Å². The van der Waals surface area contributed by atoms with Crippen molar-refractivity contribution in [3.63, 3.8) is 0 Å². The molecule has 1 aliphatic heterocycles. The molecule has 0 saturated carbocycles. The van der Waals surface area contributed by atoms with Crippen LogP contribution in [0.25, 0.3) is 0 Å². The summed E-state index contributed by atoms with van der Waals surface area (Å²) in [6.07, 6.45) is 0. The van der Waals surface area contributed by atoms with Crippen molar-refractivity contribution in [3.8, 4) is 0 Å². The predicted molar refractivity (Wildman–Crippen MR) is 79.0 cm³/mol. The van der Waals surface area contributed by atoms with Crippen molar-refractivity contribution >= 4 is 0 Å². The molecule has 0 saturated heterocycles. The molecule has 98 valence electrons. The lowest BCUT2D eigenvalue weighted by Gasteiger charge is -2.26. The number of hydrogen-bond acceptors (Lipinski definition) is 2. The third-order valence-electron chi connectivity index (χ3n) is 3.76. The Morgan fingerprint density at radius 3 is 2.68 bits per heavy atom. The molecule has 2 heteroatoms. The average molecular weight is 252 g/mol. The quantitative estimate of drug-likeness (QED) is 0.874. The first kappa shape index (κ1) is 12.4. The number of hydrogen-bond donors (Lipinski definition) is 2. The topological polar surface area (TPSA) is 24.1 Å². The lowest BCUT2D eigenvalue weighted by molar-refractivity contribution is 0.503. The fourth-order valence-electron chi connectivity index (χ4n) is 2.75. The highest BCUT2D eigenvalue weighted by Crippen LogP contribution is 2.22. The SMILES string of the molecule is c1ccc(CNCC2CNCc3ccccc32)cc1. The summed E-state index contributed by atoms with van der Waals surface area (Å²) in [4.78, 5) is 0. The van der Waals surface area contributed by atoms with Gasteiger partial charge in [-0.2, -0.15) is 0 Å². The van der Waals surface area contributed by atoms with Crippen molar-refractivity contribution in [1.82, 2.24) is 10.6 Å². The van der Waals surface area contributed by atoms with Crippen LogP contribution in [0.1, 0.15) is 22.6 Å². The Hall–Kier alpha value is -1.64. The van der Waals surface area contributed by atoms with Crippen molar-refractivity contribution in [3.05, 3.63) is 71.3 Å². The number of rotatable bonds is 4. The number of benzene rings is 2. The van der Waals surface area contributed by atoms with Gasteiger partial charge in [-0.3, -0.25) is 0 Å². The lowest BCUT2D eigenvalue weighted by atomic mass is 9.91. The Morgan fingerprint density at radius 2 is 1.79 bits per heavy atom. The maximum Gasteiger partial charge on any atom is 0.0208 e. The smallest absolute Gasteiger partial charge is 0.0208 e. The molecule has 1 unspecified atom stereocenters. The average Bonchev–Trinajstić information content (AvgIpc) is 2.49. The van der Waals surface area contributed by atoms with Crippen LogP contribution in [0.4, 0.5) is 0 Å². The van der Waals surface area contributed by atoms with Crippen LogP contribution in [0.15, 0.2) is 54.6 Å². The van der Waals surface area contributed by atoms with E-state index in [1.54, 1.807) is 0 Å². The van der Waals surface area contributed by atoms with E-state index >= 15 is 0 Å². The summed E-state index contributed by atoms with van der Waals surface area (Å²) in [7, 11) is 0. The summed E-state index contributed by atoms with van der Waals surface area (Å²) in [6, 6.07) is 19.3. The molecule has 19 heavy (non-hydrogen) atoms. The fourth-order valence-corrected chi connectivity index (χ4v) is 2.75. The van der Waals surface area contributed by atoms with Crippen molar-refractivity contribution in [2.45, 2.75) is 19.0 Å². The first-order valence-corrected chi connectivity index (χ1v) is 6.96. The Labute approximate surface area is 114 Å². The van der Waals surface area contributed by atoms with Gasteiger partial charge in [0.25, 0.3) is 0 Å². The largest absolute Gasteiger partial charge is 0.312 e. The molecule has 0 bridgehead atoms. The normalized spacial score (nSPS) is 18.0. The van der Waals surface area contributed by atoms with Crippen LogP contribution < -0.4 is 10.6 Å². The second kappa shape index (κ2) is 6.00. The van der Waals surface area contributed by atoms with E-state index in [0.29, 0.717) is 5.92 Å². The van der Waals surface area contributed by atoms with Crippen LogP contribution in [-0.2, 0) is 13.1 Å². The van der Waals surface area contributed by atoms with E-state index in [4.69, 9.17) is 0 Å². The molecular weight excluding hydrogens is 232 g/mol. The highest BCUT2D eigenvalue weighted by molar-refractivity contribution is 5.33. The van der Waals surface area contributed by atoms with E-state index in [0.717, 1.165) is 26.2 Å². The summed E-state index contributed by atoms with van der Waals surface area (Å²) in [5.41, 5.74) is 4.29.